The molecule has 18 heavy (non-hydrogen) atoms. The molecule has 0 spiro atoms. The van der Waals surface area contributed by atoms with E-state index in [1.807, 2.05) is 13.8 Å². The molecule has 3 N–H and O–H groups in total. The molecule has 0 radical (unpaired) electrons. The van der Waals surface area contributed by atoms with Crippen LogP contribution in [-0.2, 0) is 4.74 Å². The normalized spacial score (nSPS) is 16.8. The molecular formula is C14H31NO3. The van der Waals surface area contributed by atoms with E-state index >= 15 is 0 Å². The quantitative estimate of drug-likeness (QED) is 0.492. The molecule has 3 unspecified atom stereocenters. The Morgan fingerprint density at radius 3 is 2.39 bits per heavy atom. The average Bonchev–Trinajstić information content (AvgIpc) is 2.34. The fourth-order valence-electron chi connectivity index (χ4n) is 1.55. The molecule has 0 rings (SSSR count). The second kappa shape index (κ2) is 10.7. The molecule has 4 heteroatoms. The van der Waals surface area contributed by atoms with Crippen molar-refractivity contribution in [3.8, 4) is 0 Å². The van der Waals surface area contributed by atoms with Crippen LogP contribution in [0.3, 0.4) is 0 Å². The zero-order valence-corrected chi connectivity index (χ0v) is 12.4. The number of aliphatic hydroxyl groups excluding tert-OH is 2. The summed E-state index contributed by atoms with van der Waals surface area (Å²) in [7, 11) is 0. The summed E-state index contributed by atoms with van der Waals surface area (Å²) in [5, 5.41) is 21.9. The van der Waals surface area contributed by atoms with Gasteiger partial charge < -0.3 is 20.3 Å². The molecule has 0 saturated heterocycles. The van der Waals surface area contributed by atoms with Crippen LogP contribution in [0.2, 0.25) is 0 Å². The molecule has 0 bridgehead atoms. The lowest BCUT2D eigenvalue weighted by atomic mass is 10.1. The van der Waals surface area contributed by atoms with Crippen LogP contribution in [0.1, 0.15) is 40.5 Å². The maximum absolute atomic E-state index is 9.71. The first-order chi connectivity index (χ1) is 8.47. The molecular weight excluding hydrogens is 230 g/mol. The van der Waals surface area contributed by atoms with Gasteiger partial charge in [0.15, 0.2) is 0 Å². The first kappa shape index (κ1) is 17.8. The Kier molecular flexibility index (Phi) is 10.6. The Labute approximate surface area is 112 Å². The molecule has 0 aromatic rings. The first-order valence-corrected chi connectivity index (χ1v) is 7.07. The third-order valence-electron chi connectivity index (χ3n) is 3.20. The van der Waals surface area contributed by atoms with Crippen molar-refractivity contribution in [1.82, 2.24) is 5.32 Å². The van der Waals surface area contributed by atoms with E-state index in [2.05, 4.69) is 19.2 Å². The minimum atomic E-state index is -0.475. The topological polar surface area (TPSA) is 61.7 Å². The minimum absolute atomic E-state index is 0.163. The summed E-state index contributed by atoms with van der Waals surface area (Å²) in [6, 6.07) is 0.200. The van der Waals surface area contributed by atoms with Crippen LogP contribution >= 0.6 is 0 Å². The maximum Gasteiger partial charge on any atom is 0.0897 e. The summed E-state index contributed by atoms with van der Waals surface area (Å²) in [5.74, 6) is 0.908. The van der Waals surface area contributed by atoms with Gasteiger partial charge in [0.05, 0.1) is 12.7 Å². The highest BCUT2D eigenvalue weighted by atomic mass is 16.5. The number of ether oxygens (including phenoxy) is 1. The highest BCUT2D eigenvalue weighted by Gasteiger charge is 2.12. The van der Waals surface area contributed by atoms with Crippen LogP contribution in [0.15, 0.2) is 0 Å². The first-order valence-electron chi connectivity index (χ1n) is 7.07. The van der Waals surface area contributed by atoms with E-state index < -0.39 is 6.10 Å². The van der Waals surface area contributed by atoms with Gasteiger partial charge >= 0.3 is 0 Å². The van der Waals surface area contributed by atoms with Gasteiger partial charge in [0.25, 0.3) is 0 Å². The summed E-state index contributed by atoms with van der Waals surface area (Å²) < 4.78 is 5.43. The predicted octanol–water partition coefficient (Wildman–Crippen LogP) is 1.41. The molecule has 3 atom stereocenters. The van der Waals surface area contributed by atoms with Gasteiger partial charge in [0, 0.05) is 25.8 Å². The lowest BCUT2D eigenvalue weighted by molar-refractivity contribution is 0.0323. The number of hydrogen-bond acceptors (Lipinski definition) is 4. The fourth-order valence-corrected chi connectivity index (χ4v) is 1.55. The fraction of sp³-hybridized carbons (Fsp3) is 1.00. The lowest BCUT2D eigenvalue weighted by Crippen LogP contribution is -2.40. The van der Waals surface area contributed by atoms with Gasteiger partial charge in [0.1, 0.15) is 0 Å². The van der Waals surface area contributed by atoms with E-state index in [0.29, 0.717) is 19.1 Å². The van der Waals surface area contributed by atoms with Crippen molar-refractivity contribution in [1.29, 1.82) is 0 Å². The number of nitrogens with one attached hydrogen (secondary N) is 1. The van der Waals surface area contributed by atoms with Crippen LogP contribution in [0, 0.1) is 11.8 Å². The molecule has 0 aromatic carbocycles. The molecule has 110 valence electrons. The van der Waals surface area contributed by atoms with Crippen LogP contribution in [0.4, 0.5) is 0 Å². The molecule has 0 amide bonds. The van der Waals surface area contributed by atoms with Gasteiger partial charge in [0.2, 0.25) is 0 Å². The second-order valence-corrected chi connectivity index (χ2v) is 5.62. The van der Waals surface area contributed by atoms with Crippen LogP contribution < -0.4 is 5.32 Å². The maximum atomic E-state index is 9.71. The van der Waals surface area contributed by atoms with Crippen molar-refractivity contribution in [2.45, 2.75) is 52.7 Å². The molecule has 0 fully saturated rings. The van der Waals surface area contributed by atoms with Crippen molar-refractivity contribution in [3.05, 3.63) is 0 Å². The van der Waals surface area contributed by atoms with E-state index in [1.54, 1.807) is 0 Å². The van der Waals surface area contributed by atoms with Gasteiger partial charge in [-0.05, 0) is 31.6 Å². The van der Waals surface area contributed by atoms with Crippen LogP contribution in [-0.4, -0.2) is 48.7 Å². The van der Waals surface area contributed by atoms with Crippen molar-refractivity contribution in [3.63, 3.8) is 0 Å². The standard InChI is InChI=1S/C14H31NO3/c1-11(2)6-5-7-18-10-14(17)8-15-13(4)12(3)9-16/h11-17H,5-10H2,1-4H3. The van der Waals surface area contributed by atoms with E-state index in [1.165, 1.54) is 6.42 Å². The van der Waals surface area contributed by atoms with E-state index in [4.69, 9.17) is 9.84 Å². The number of aliphatic hydroxyl groups is 2. The van der Waals surface area contributed by atoms with Gasteiger partial charge in [-0.2, -0.15) is 0 Å². The van der Waals surface area contributed by atoms with Crippen molar-refractivity contribution >= 4 is 0 Å². The van der Waals surface area contributed by atoms with Crippen molar-refractivity contribution in [2.24, 2.45) is 11.8 Å². The third kappa shape index (κ3) is 9.83. The van der Waals surface area contributed by atoms with Crippen molar-refractivity contribution in [2.75, 3.05) is 26.4 Å². The van der Waals surface area contributed by atoms with E-state index in [0.717, 1.165) is 13.0 Å². The van der Waals surface area contributed by atoms with Crippen LogP contribution in [0.5, 0.6) is 0 Å². The zero-order valence-electron chi connectivity index (χ0n) is 12.4. The molecule has 0 aromatic heterocycles. The largest absolute Gasteiger partial charge is 0.396 e. The molecule has 0 heterocycles. The Bertz CT molecular complexity index is 188. The van der Waals surface area contributed by atoms with Gasteiger partial charge in [-0.15, -0.1) is 0 Å². The minimum Gasteiger partial charge on any atom is -0.396 e. The second-order valence-electron chi connectivity index (χ2n) is 5.62. The summed E-state index contributed by atoms with van der Waals surface area (Å²) >= 11 is 0. The third-order valence-corrected chi connectivity index (χ3v) is 3.20. The van der Waals surface area contributed by atoms with Gasteiger partial charge in [-0.25, -0.2) is 0 Å². The number of hydrogen-bond donors (Lipinski definition) is 3. The molecule has 0 saturated carbocycles. The van der Waals surface area contributed by atoms with Gasteiger partial charge in [-0.1, -0.05) is 20.8 Å². The Morgan fingerprint density at radius 1 is 1.17 bits per heavy atom. The Balaban J connectivity index is 3.45. The summed E-state index contributed by atoms with van der Waals surface area (Å²) in [5.41, 5.74) is 0. The molecule has 0 aliphatic heterocycles. The smallest absolute Gasteiger partial charge is 0.0897 e. The zero-order chi connectivity index (χ0) is 14.0. The SMILES string of the molecule is CC(C)CCCOCC(O)CNC(C)C(C)CO. The summed E-state index contributed by atoms with van der Waals surface area (Å²) in [6.07, 6.45) is 1.74. The van der Waals surface area contributed by atoms with E-state index in [9.17, 15) is 5.11 Å². The molecule has 0 aliphatic rings. The monoisotopic (exact) mass is 261 g/mol. The highest BCUT2D eigenvalue weighted by molar-refractivity contribution is 4.69. The van der Waals surface area contributed by atoms with E-state index in [-0.39, 0.29) is 18.6 Å². The average molecular weight is 261 g/mol. The van der Waals surface area contributed by atoms with Crippen LogP contribution in [0.25, 0.3) is 0 Å². The lowest BCUT2D eigenvalue weighted by Gasteiger charge is -2.21. The predicted molar refractivity (Wildman–Crippen MR) is 74.6 cm³/mol. The Morgan fingerprint density at radius 2 is 1.83 bits per heavy atom. The summed E-state index contributed by atoms with van der Waals surface area (Å²) in [4.78, 5) is 0. The van der Waals surface area contributed by atoms with Crippen molar-refractivity contribution < 1.29 is 14.9 Å². The highest BCUT2D eigenvalue weighted by Crippen LogP contribution is 2.03. The Hall–Kier alpha value is -0.160. The molecule has 4 nitrogen and oxygen atoms in total. The van der Waals surface area contributed by atoms with Gasteiger partial charge in [-0.3, -0.25) is 0 Å². The summed E-state index contributed by atoms with van der Waals surface area (Å²) in [6.45, 7) is 10.2. The molecule has 0 aliphatic carbocycles. The number of rotatable bonds is 11.